The van der Waals surface area contributed by atoms with E-state index in [0.29, 0.717) is 35.9 Å². The average molecular weight is 537 g/mol. The van der Waals surface area contributed by atoms with Gasteiger partial charge in [0.1, 0.15) is 0 Å². The van der Waals surface area contributed by atoms with Crippen LogP contribution in [0.25, 0.3) is 5.69 Å². The van der Waals surface area contributed by atoms with Crippen molar-refractivity contribution < 1.29 is 17.9 Å². The van der Waals surface area contributed by atoms with Gasteiger partial charge in [-0.2, -0.15) is 0 Å². The first-order valence-electron chi connectivity index (χ1n) is 11.8. The van der Waals surface area contributed by atoms with Crippen LogP contribution < -0.4 is 5.32 Å². The average Bonchev–Trinajstić information content (AvgIpc) is 3.18. The summed E-state index contributed by atoms with van der Waals surface area (Å²) in [5, 5.41) is 3.53. The molecule has 1 N–H and O–H groups in total. The number of ether oxygens (including phenoxy) is 1. The number of benzene rings is 3. The second-order valence-electron chi connectivity index (χ2n) is 8.94. The largest absolute Gasteiger partial charge is 0.376 e. The quantitative estimate of drug-likeness (QED) is 0.260. The zero-order valence-electron chi connectivity index (χ0n) is 21.0. The number of hydrogen-bond acceptors (Lipinski definition) is 4. The SMILES string of the molecule is Cc1cc(Cl)ccc1-n1c(CCOCc2ccccc2)cc(C(=O)Nc2ccc(S(C)(=O)=O)cc2)c1C. The molecule has 0 atom stereocenters. The van der Waals surface area contributed by atoms with Crippen LogP contribution >= 0.6 is 11.6 Å². The van der Waals surface area contributed by atoms with Crippen LogP contribution in [0.4, 0.5) is 5.69 Å². The molecule has 1 heterocycles. The maximum absolute atomic E-state index is 13.3. The molecule has 4 rings (SSSR count). The molecule has 0 radical (unpaired) electrons. The molecular formula is C29H29ClN2O4S. The fraction of sp³-hybridized carbons (Fsp3) is 0.207. The van der Waals surface area contributed by atoms with Gasteiger partial charge >= 0.3 is 0 Å². The molecule has 0 saturated carbocycles. The van der Waals surface area contributed by atoms with Crippen LogP contribution in [0.1, 0.15) is 32.9 Å². The zero-order valence-corrected chi connectivity index (χ0v) is 22.6. The number of sulfone groups is 1. The molecule has 8 heteroatoms. The van der Waals surface area contributed by atoms with Crippen LogP contribution in [0.3, 0.4) is 0 Å². The van der Waals surface area contributed by atoms with E-state index in [1.54, 1.807) is 12.1 Å². The van der Waals surface area contributed by atoms with E-state index >= 15 is 0 Å². The summed E-state index contributed by atoms with van der Waals surface area (Å²) in [7, 11) is -3.31. The Hall–Kier alpha value is -3.39. The van der Waals surface area contributed by atoms with E-state index in [4.69, 9.17) is 16.3 Å². The summed E-state index contributed by atoms with van der Waals surface area (Å²) in [5.41, 5.74) is 5.80. The summed E-state index contributed by atoms with van der Waals surface area (Å²) in [6.45, 7) is 4.89. The number of anilines is 1. The number of hydrogen-bond donors (Lipinski definition) is 1. The molecule has 0 bridgehead atoms. The molecule has 1 aromatic heterocycles. The lowest BCUT2D eigenvalue weighted by atomic mass is 10.2. The number of nitrogens with zero attached hydrogens (tertiary/aromatic N) is 1. The molecule has 6 nitrogen and oxygen atoms in total. The Morgan fingerprint density at radius 3 is 2.32 bits per heavy atom. The minimum absolute atomic E-state index is 0.198. The van der Waals surface area contributed by atoms with Gasteiger partial charge in [0.2, 0.25) is 0 Å². The van der Waals surface area contributed by atoms with Crippen molar-refractivity contribution in [1.29, 1.82) is 0 Å². The Morgan fingerprint density at radius 2 is 1.68 bits per heavy atom. The number of carbonyl (C=O) groups is 1. The number of rotatable bonds is 9. The predicted octanol–water partition coefficient (Wildman–Crippen LogP) is 6.16. The first-order chi connectivity index (χ1) is 17.6. The molecule has 0 saturated heterocycles. The van der Waals surface area contributed by atoms with Gasteiger partial charge in [0.05, 0.1) is 23.7 Å². The second-order valence-corrected chi connectivity index (χ2v) is 11.4. The highest BCUT2D eigenvalue weighted by atomic mass is 35.5. The highest BCUT2D eigenvalue weighted by molar-refractivity contribution is 7.90. The Labute approximate surface area is 222 Å². The van der Waals surface area contributed by atoms with E-state index in [-0.39, 0.29) is 10.8 Å². The smallest absolute Gasteiger partial charge is 0.257 e. The number of aromatic nitrogens is 1. The van der Waals surface area contributed by atoms with E-state index in [0.717, 1.165) is 34.5 Å². The number of amides is 1. The van der Waals surface area contributed by atoms with Gasteiger partial charge in [-0.05, 0) is 73.5 Å². The van der Waals surface area contributed by atoms with Crippen molar-refractivity contribution in [3.8, 4) is 5.69 Å². The molecule has 0 fully saturated rings. The lowest BCUT2D eigenvalue weighted by Crippen LogP contribution is -2.13. The molecule has 1 amide bonds. The molecule has 0 aliphatic rings. The van der Waals surface area contributed by atoms with E-state index in [1.807, 2.05) is 68.4 Å². The minimum atomic E-state index is -3.31. The predicted molar refractivity (Wildman–Crippen MR) is 148 cm³/mol. The van der Waals surface area contributed by atoms with Crippen LogP contribution in [0.2, 0.25) is 5.02 Å². The van der Waals surface area contributed by atoms with Crippen molar-refractivity contribution in [3.05, 3.63) is 112 Å². The fourth-order valence-electron chi connectivity index (χ4n) is 4.22. The van der Waals surface area contributed by atoms with Crippen LogP contribution in [0, 0.1) is 13.8 Å². The van der Waals surface area contributed by atoms with Crippen molar-refractivity contribution in [3.63, 3.8) is 0 Å². The Morgan fingerprint density at radius 1 is 0.973 bits per heavy atom. The second kappa shape index (κ2) is 11.3. The third kappa shape index (κ3) is 6.49. The van der Waals surface area contributed by atoms with Crippen molar-refractivity contribution in [2.45, 2.75) is 31.8 Å². The molecule has 37 heavy (non-hydrogen) atoms. The molecule has 0 aliphatic heterocycles. The number of carbonyl (C=O) groups excluding carboxylic acids is 1. The van der Waals surface area contributed by atoms with E-state index in [1.165, 1.54) is 12.1 Å². The number of halogens is 1. The van der Waals surface area contributed by atoms with Crippen LogP contribution in [0.15, 0.2) is 83.8 Å². The van der Waals surface area contributed by atoms with Gasteiger partial charge in [-0.25, -0.2) is 8.42 Å². The normalized spacial score (nSPS) is 11.5. The molecular weight excluding hydrogens is 508 g/mol. The molecule has 192 valence electrons. The van der Waals surface area contributed by atoms with Gasteiger partial charge in [0.15, 0.2) is 9.84 Å². The Bertz CT molecular complexity index is 1510. The van der Waals surface area contributed by atoms with Crippen LogP contribution in [0.5, 0.6) is 0 Å². The van der Waals surface area contributed by atoms with Gasteiger partial charge in [-0.3, -0.25) is 4.79 Å². The molecule has 0 aliphatic carbocycles. The lowest BCUT2D eigenvalue weighted by Gasteiger charge is -2.15. The highest BCUT2D eigenvalue weighted by Crippen LogP contribution is 2.27. The molecule has 3 aromatic carbocycles. The third-order valence-electron chi connectivity index (χ3n) is 6.12. The minimum Gasteiger partial charge on any atom is -0.376 e. The van der Waals surface area contributed by atoms with Crippen molar-refractivity contribution in [2.75, 3.05) is 18.2 Å². The van der Waals surface area contributed by atoms with Gasteiger partial charge in [0, 0.05) is 40.5 Å². The Kier molecular flexibility index (Phi) is 8.17. The van der Waals surface area contributed by atoms with Gasteiger partial charge in [-0.1, -0.05) is 41.9 Å². The maximum atomic E-state index is 13.3. The molecule has 0 unspecified atom stereocenters. The topological polar surface area (TPSA) is 77.4 Å². The lowest BCUT2D eigenvalue weighted by molar-refractivity contribution is 0.102. The summed E-state index contributed by atoms with van der Waals surface area (Å²) in [6, 6.07) is 23.7. The first-order valence-corrected chi connectivity index (χ1v) is 14.1. The first kappa shape index (κ1) is 26.7. The van der Waals surface area contributed by atoms with Gasteiger partial charge < -0.3 is 14.6 Å². The van der Waals surface area contributed by atoms with E-state index in [2.05, 4.69) is 9.88 Å². The van der Waals surface area contributed by atoms with Crippen molar-refractivity contribution in [2.24, 2.45) is 0 Å². The maximum Gasteiger partial charge on any atom is 0.257 e. The Balaban J connectivity index is 1.59. The van der Waals surface area contributed by atoms with Gasteiger partial charge in [-0.15, -0.1) is 0 Å². The third-order valence-corrected chi connectivity index (χ3v) is 7.49. The van der Waals surface area contributed by atoms with E-state index in [9.17, 15) is 13.2 Å². The monoisotopic (exact) mass is 536 g/mol. The van der Waals surface area contributed by atoms with Crippen molar-refractivity contribution in [1.82, 2.24) is 4.57 Å². The summed E-state index contributed by atoms with van der Waals surface area (Å²) < 4.78 is 31.5. The highest BCUT2D eigenvalue weighted by Gasteiger charge is 2.20. The zero-order chi connectivity index (χ0) is 26.6. The summed E-state index contributed by atoms with van der Waals surface area (Å²) in [5.74, 6) is -0.276. The van der Waals surface area contributed by atoms with E-state index < -0.39 is 9.84 Å². The standard InChI is InChI=1S/C29H29ClN2O4S/c1-20-17-23(30)9-14-28(20)32-21(2)27(18-25(32)15-16-36-19-22-7-5-4-6-8-22)29(33)31-24-10-12-26(13-11-24)37(3,34)35/h4-14,17-18H,15-16,19H2,1-3H3,(H,31,33). The summed E-state index contributed by atoms with van der Waals surface area (Å²) >= 11 is 6.20. The van der Waals surface area contributed by atoms with Gasteiger partial charge in [0.25, 0.3) is 5.91 Å². The number of aryl methyl sites for hydroxylation is 1. The number of nitrogens with one attached hydrogen (secondary N) is 1. The molecule has 0 spiro atoms. The summed E-state index contributed by atoms with van der Waals surface area (Å²) in [4.78, 5) is 13.5. The van der Waals surface area contributed by atoms with Crippen molar-refractivity contribution >= 4 is 33.0 Å². The molecule has 4 aromatic rings. The van der Waals surface area contributed by atoms with Crippen LogP contribution in [-0.2, 0) is 27.6 Å². The fourth-order valence-corrected chi connectivity index (χ4v) is 5.07. The van der Waals surface area contributed by atoms with Crippen LogP contribution in [-0.4, -0.2) is 31.8 Å². The summed E-state index contributed by atoms with van der Waals surface area (Å²) in [6.07, 6.45) is 1.75.